The first-order chi connectivity index (χ1) is 6.70. The van der Waals surface area contributed by atoms with E-state index in [9.17, 15) is 0 Å². The summed E-state index contributed by atoms with van der Waals surface area (Å²) in [7, 11) is 0. The minimum Gasteiger partial charge on any atom is -0.440 e. The van der Waals surface area contributed by atoms with Crippen molar-refractivity contribution in [3.63, 3.8) is 0 Å². The molecule has 0 aliphatic carbocycles. The maximum atomic E-state index is 5.11. The highest BCUT2D eigenvalue weighted by molar-refractivity contribution is 7.99. The van der Waals surface area contributed by atoms with Crippen molar-refractivity contribution in [2.24, 2.45) is 5.92 Å². The van der Waals surface area contributed by atoms with E-state index >= 15 is 0 Å². The summed E-state index contributed by atoms with van der Waals surface area (Å²) in [4.78, 5) is 4.04. The summed E-state index contributed by atoms with van der Waals surface area (Å²) in [5.74, 6) is 1.68. The van der Waals surface area contributed by atoms with Crippen LogP contribution in [0.1, 0.15) is 20.8 Å². The van der Waals surface area contributed by atoms with Gasteiger partial charge in [0.15, 0.2) is 0 Å². The Labute approximate surface area is 89.7 Å². The topological polar surface area (TPSA) is 38.1 Å². The third-order valence-electron chi connectivity index (χ3n) is 2.20. The van der Waals surface area contributed by atoms with Gasteiger partial charge < -0.3 is 9.73 Å². The molecule has 14 heavy (non-hydrogen) atoms. The molecule has 0 saturated heterocycles. The van der Waals surface area contributed by atoms with Gasteiger partial charge >= 0.3 is 0 Å². The van der Waals surface area contributed by atoms with Gasteiger partial charge in [-0.15, -0.1) is 0 Å². The lowest BCUT2D eigenvalue weighted by atomic mass is 10.1. The van der Waals surface area contributed by atoms with Gasteiger partial charge in [-0.3, -0.25) is 0 Å². The zero-order valence-electron chi connectivity index (χ0n) is 8.99. The molecule has 1 aromatic heterocycles. The molecule has 0 radical (unpaired) electrons. The molecule has 1 N–H and O–H groups in total. The third kappa shape index (κ3) is 4.15. The van der Waals surface area contributed by atoms with E-state index in [-0.39, 0.29) is 0 Å². The van der Waals surface area contributed by atoms with Crippen molar-refractivity contribution in [1.82, 2.24) is 10.3 Å². The zero-order chi connectivity index (χ0) is 10.4. The predicted octanol–water partition coefficient (Wildman–Crippen LogP) is 2.40. The van der Waals surface area contributed by atoms with Crippen LogP contribution in [0.5, 0.6) is 0 Å². The van der Waals surface area contributed by atoms with E-state index in [1.165, 1.54) is 0 Å². The number of aromatic nitrogens is 1. The van der Waals surface area contributed by atoms with Crippen molar-refractivity contribution in [3.05, 3.63) is 12.5 Å². The van der Waals surface area contributed by atoms with Crippen LogP contribution >= 0.6 is 11.8 Å². The summed E-state index contributed by atoms with van der Waals surface area (Å²) in [5.41, 5.74) is 0. The van der Waals surface area contributed by atoms with E-state index in [4.69, 9.17) is 4.42 Å². The molecule has 0 spiro atoms. The summed E-state index contributed by atoms with van der Waals surface area (Å²) in [6.45, 7) is 7.64. The molecule has 0 amide bonds. The van der Waals surface area contributed by atoms with Crippen molar-refractivity contribution in [3.8, 4) is 0 Å². The molecule has 0 aliphatic rings. The molecule has 0 saturated carbocycles. The Morgan fingerprint density at radius 3 is 2.86 bits per heavy atom. The van der Waals surface area contributed by atoms with Gasteiger partial charge in [0.1, 0.15) is 6.26 Å². The van der Waals surface area contributed by atoms with E-state index in [0.717, 1.165) is 17.5 Å². The quantitative estimate of drug-likeness (QED) is 0.583. The highest BCUT2D eigenvalue weighted by Gasteiger charge is 2.05. The van der Waals surface area contributed by atoms with E-state index in [0.29, 0.717) is 12.0 Å². The number of nitrogens with one attached hydrogen (secondary N) is 1. The van der Waals surface area contributed by atoms with Crippen LogP contribution in [0.2, 0.25) is 0 Å². The van der Waals surface area contributed by atoms with Crippen molar-refractivity contribution >= 4 is 11.8 Å². The van der Waals surface area contributed by atoms with Gasteiger partial charge in [0.2, 0.25) is 0 Å². The van der Waals surface area contributed by atoms with Crippen LogP contribution in [0.25, 0.3) is 0 Å². The maximum absolute atomic E-state index is 5.11. The zero-order valence-corrected chi connectivity index (χ0v) is 9.80. The van der Waals surface area contributed by atoms with Crippen LogP contribution in [-0.4, -0.2) is 23.3 Å². The second-order valence-corrected chi connectivity index (χ2v) is 4.68. The first-order valence-electron chi connectivity index (χ1n) is 4.96. The summed E-state index contributed by atoms with van der Waals surface area (Å²) in [5, 5.41) is 4.21. The Balaban J connectivity index is 2.05. The molecule has 4 heteroatoms. The van der Waals surface area contributed by atoms with Gasteiger partial charge in [-0.1, -0.05) is 25.6 Å². The first-order valence-corrected chi connectivity index (χ1v) is 5.94. The van der Waals surface area contributed by atoms with E-state index in [2.05, 4.69) is 31.1 Å². The van der Waals surface area contributed by atoms with Crippen LogP contribution in [0.15, 0.2) is 22.1 Å². The highest BCUT2D eigenvalue weighted by atomic mass is 32.2. The van der Waals surface area contributed by atoms with Crippen LogP contribution < -0.4 is 5.32 Å². The lowest BCUT2D eigenvalue weighted by molar-refractivity contribution is 0.436. The Morgan fingerprint density at radius 2 is 2.29 bits per heavy atom. The van der Waals surface area contributed by atoms with Crippen molar-refractivity contribution in [1.29, 1.82) is 0 Å². The predicted molar refractivity (Wildman–Crippen MR) is 59.5 cm³/mol. The molecule has 80 valence electrons. The Morgan fingerprint density at radius 1 is 1.50 bits per heavy atom. The molecule has 3 nitrogen and oxygen atoms in total. The molecule has 1 unspecified atom stereocenters. The Kier molecular flexibility index (Phi) is 5.04. The van der Waals surface area contributed by atoms with E-state index in [1.54, 1.807) is 24.2 Å². The fraction of sp³-hybridized carbons (Fsp3) is 0.700. The molecule has 1 rings (SSSR count). The fourth-order valence-electron chi connectivity index (χ4n) is 0.942. The first kappa shape index (κ1) is 11.6. The smallest absolute Gasteiger partial charge is 0.255 e. The van der Waals surface area contributed by atoms with Crippen LogP contribution in [0, 0.1) is 5.92 Å². The lowest BCUT2D eigenvalue weighted by Crippen LogP contribution is -2.32. The Bertz CT molecular complexity index is 236. The fourth-order valence-corrected chi connectivity index (χ4v) is 1.60. The van der Waals surface area contributed by atoms with E-state index in [1.807, 2.05) is 0 Å². The summed E-state index contributed by atoms with van der Waals surface area (Å²) >= 11 is 1.64. The number of rotatable bonds is 6. The van der Waals surface area contributed by atoms with Crippen molar-refractivity contribution < 1.29 is 4.42 Å². The molecular weight excluding hydrogens is 196 g/mol. The molecule has 0 fully saturated rings. The van der Waals surface area contributed by atoms with Gasteiger partial charge in [0.05, 0.1) is 6.20 Å². The average molecular weight is 214 g/mol. The summed E-state index contributed by atoms with van der Waals surface area (Å²) in [6.07, 6.45) is 3.28. The summed E-state index contributed by atoms with van der Waals surface area (Å²) in [6, 6.07) is 0.570. The number of hydrogen-bond donors (Lipinski definition) is 1. The van der Waals surface area contributed by atoms with Gasteiger partial charge in [-0.05, 0) is 12.8 Å². The Hall–Kier alpha value is -0.480. The van der Waals surface area contributed by atoms with Gasteiger partial charge in [-0.25, -0.2) is 4.98 Å². The second kappa shape index (κ2) is 6.09. The summed E-state index contributed by atoms with van der Waals surface area (Å²) < 4.78 is 5.11. The van der Waals surface area contributed by atoms with Crippen molar-refractivity contribution in [2.75, 3.05) is 12.3 Å². The molecule has 1 heterocycles. The number of nitrogens with zero attached hydrogens (tertiary/aromatic N) is 1. The third-order valence-corrected chi connectivity index (χ3v) is 3.06. The molecule has 0 bridgehead atoms. The molecular formula is C10H18N2OS. The largest absolute Gasteiger partial charge is 0.440 e. The highest BCUT2D eigenvalue weighted by Crippen LogP contribution is 2.13. The second-order valence-electron chi connectivity index (χ2n) is 3.63. The lowest BCUT2D eigenvalue weighted by Gasteiger charge is -2.16. The van der Waals surface area contributed by atoms with Gasteiger partial charge in [0.25, 0.3) is 5.22 Å². The number of hydrogen-bond acceptors (Lipinski definition) is 4. The molecule has 1 aromatic rings. The monoisotopic (exact) mass is 214 g/mol. The number of thioether (sulfide) groups is 1. The van der Waals surface area contributed by atoms with Crippen LogP contribution in [-0.2, 0) is 0 Å². The normalized spacial score (nSPS) is 13.4. The van der Waals surface area contributed by atoms with Crippen molar-refractivity contribution in [2.45, 2.75) is 32.0 Å². The number of oxazole rings is 1. The maximum Gasteiger partial charge on any atom is 0.255 e. The standard InChI is InChI=1S/C10H18N2OS/c1-8(2)9(3)11-5-7-14-10-12-4-6-13-10/h4,6,8-9,11H,5,7H2,1-3H3. The minimum absolute atomic E-state index is 0.570. The molecule has 0 aliphatic heterocycles. The van der Waals surface area contributed by atoms with E-state index < -0.39 is 0 Å². The molecule has 1 atom stereocenters. The molecule has 0 aromatic carbocycles. The van der Waals surface area contributed by atoms with Crippen LogP contribution in [0.3, 0.4) is 0 Å². The van der Waals surface area contributed by atoms with Gasteiger partial charge in [0, 0.05) is 18.3 Å². The van der Waals surface area contributed by atoms with Gasteiger partial charge in [-0.2, -0.15) is 0 Å². The minimum atomic E-state index is 0.570. The average Bonchev–Trinajstić information content (AvgIpc) is 2.64. The van der Waals surface area contributed by atoms with Crippen LogP contribution in [0.4, 0.5) is 0 Å². The SMILES string of the molecule is CC(C)C(C)NCCSc1ncco1.